The molecule has 4 nitrogen and oxygen atoms in total. The third kappa shape index (κ3) is 2.81. The predicted octanol–water partition coefficient (Wildman–Crippen LogP) is 2.12. The number of aromatic nitrogens is 1. The molecule has 0 aliphatic carbocycles. The Morgan fingerprint density at radius 2 is 2.00 bits per heavy atom. The molecule has 0 radical (unpaired) electrons. The monoisotopic (exact) mass is 229 g/mol. The predicted molar refractivity (Wildman–Crippen MR) is 62.2 cm³/mol. The highest BCUT2D eigenvalue weighted by atomic mass is 16.5. The van der Waals surface area contributed by atoms with E-state index in [4.69, 9.17) is 4.42 Å². The van der Waals surface area contributed by atoms with Crippen molar-refractivity contribution in [1.82, 2.24) is 0 Å². The summed E-state index contributed by atoms with van der Waals surface area (Å²) >= 11 is 0. The molecule has 0 aliphatic heterocycles. The third-order valence-electron chi connectivity index (χ3n) is 2.25. The van der Waals surface area contributed by atoms with Gasteiger partial charge in [-0.3, -0.25) is 4.79 Å². The molecule has 0 N–H and O–H groups in total. The highest BCUT2D eigenvalue weighted by molar-refractivity contribution is 6.06. The van der Waals surface area contributed by atoms with Crippen molar-refractivity contribution in [3.8, 4) is 0 Å². The first kappa shape index (κ1) is 11.1. The van der Waals surface area contributed by atoms with Crippen LogP contribution in [0.4, 0.5) is 0 Å². The van der Waals surface area contributed by atoms with Crippen LogP contribution in [0.3, 0.4) is 0 Å². The van der Waals surface area contributed by atoms with E-state index in [-0.39, 0.29) is 5.78 Å². The molecule has 0 bridgehead atoms. The Balaban J connectivity index is 2.11. The van der Waals surface area contributed by atoms with Crippen molar-refractivity contribution in [2.24, 2.45) is 0 Å². The second-order valence-electron chi connectivity index (χ2n) is 3.59. The van der Waals surface area contributed by atoms with Crippen LogP contribution in [-0.2, 0) is 0 Å². The number of nitrogens with zero attached hydrogens (tertiary/aromatic N) is 1. The SMILES string of the molecule is Cc1ccc(/C=C\C(=O)c2cc[n+]([O-])cc2)o1. The van der Waals surface area contributed by atoms with Crippen LogP contribution in [0.15, 0.2) is 47.2 Å². The zero-order valence-electron chi connectivity index (χ0n) is 9.29. The van der Waals surface area contributed by atoms with Gasteiger partial charge in [-0.05, 0) is 31.2 Å². The topological polar surface area (TPSA) is 57.1 Å². The van der Waals surface area contributed by atoms with Crippen LogP contribution >= 0.6 is 0 Å². The van der Waals surface area contributed by atoms with Gasteiger partial charge in [-0.15, -0.1) is 0 Å². The number of carbonyl (C=O) groups excluding carboxylic acids is 1. The fourth-order valence-corrected chi connectivity index (χ4v) is 1.37. The average Bonchev–Trinajstić information content (AvgIpc) is 2.73. The van der Waals surface area contributed by atoms with E-state index in [0.717, 1.165) is 5.76 Å². The third-order valence-corrected chi connectivity index (χ3v) is 2.25. The van der Waals surface area contributed by atoms with E-state index < -0.39 is 0 Å². The van der Waals surface area contributed by atoms with Crippen LogP contribution in [0.5, 0.6) is 0 Å². The number of carbonyl (C=O) groups is 1. The first-order valence-electron chi connectivity index (χ1n) is 5.13. The molecule has 0 aromatic carbocycles. The molecule has 0 amide bonds. The van der Waals surface area contributed by atoms with Gasteiger partial charge in [0.05, 0.1) is 0 Å². The highest BCUT2D eigenvalue weighted by Crippen LogP contribution is 2.09. The molecule has 0 saturated heterocycles. The van der Waals surface area contributed by atoms with Gasteiger partial charge in [-0.25, -0.2) is 0 Å². The molecular formula is C13H11NO3. The van der Waals surface area contributed by atoms with Gasteiger partial charge in [0.25, 0.3) is 0 Å². The van der Waals surface area contributed by atoms with Gasteiger partial charge in [0.15, 0.2) is 18.2 Å². The Hall–Kier alpha value is -2.36. The number of aryl methyl sites for hydroxylation is 1. The number of hydrogen-bond acceptors (Lipinski definition) is 3. The molecule has 86 valence electrons. The Labute approximate surface area is 98.4 Å². The van der Waals surface area contributed by atoms with Crippen molar-refractivity contribution < 1.29 is 13.9 Å². The van der Waals surface area contributed by atoms with Gasteiger partial charge in [0.1, 0.15) is 11.5 Å². The number of rotatable bonds is 3. The van der Waals surface area contributed by atoms with Crippen molar-refractivity contribution in [2.45, 2.75) is 6.92 Å². The lowest BCUT2D eigenvalue weighted by Gasteiger charge is -1.96. The smallest absolute Gasteiger partial charge is 0.186 e. The van der Waals surface area contributed by atoms with Crippen LogP contribution < -0.4 is 4.73 Å². The fourth-order valence-electron chi connectivity index (χ4n) is 1.37. The molecule has 17 heavy (non-hydrogen) atoms. The molecule has 2 heterocycles. The Morgan fingerprint density at radius 1 is 1.29 bits per heavy atom. The molecule has 0 fully saturated rings. The minimum atomic E-state index is -0.167. The number of furan rings is 1. The molecule has 0 aliphatic rings. The Kier molecular flexibility index (Phi) is 3.05. The van der Waals surface area contributed by atoms with E-state index in [1.807, 2.05) is 13.0 Å². The second-order valence-corrected chi connectivity index (χ2v) is 3.59. The quantitative estimate of drug-likeness (QED) is 0.350. The number of ketones is 1. The average molecular weight is 229 g/mol. The maximum Gasteiger partial charge on any atom is 0.186 e. The molecule has 4 heteroatoms. The van der Waals surface area contributed by atoms with E-state index in [1.165, 1.54) is 30.6 Å². The van der Waals surface area contributed by atoms with Crippen LogP contribution in [0.1, 0.15) is 21.9 Å². The van der Waals surface area contributed by atoms with E-state index in [2.05, 4.69) is 0 Å². The van der Waals surface area contributed by atoms with Gasteiger partial charge >= 0.3 is 0 Å². The van der Waals surface area contributed by atoms with Gasteiger partial charge in [0.2, 0.25) is 0 Å². The molecular weight excluding hydrogens is 218 g/mol. The summed E-state index contributed by atoms with van der Waals surface area (Å²) in [4.78, 5) is 11.7. The summed E-state index contributed by atoms with van der Waals surface area (Å²) in [5.41, 5.74) is 0.469. The van der Waals surface area contributed by atoms with Gasteiger partial charge in [0, 0.05) is 17.7 Å². The molecule has 0 saturated carbocycles. The lowest BCUT2D eigenvalue weighted by Crippen LogP contribution is -2.24. The van der Waals surface area contributed by atoms with E-state index in [9.17, 15) is 10.0 Å². The summed E-state index contributed by atoms with van der Waals surface area (Å²) in [7, 11) is 0. The summed E-state index contributed by atoms with van der Waals surface area (Å²) in [5.74, 6) is 1.26. The summed E-state index contributed by atoms with van der Waals surface area (Å²) in [6, 6.07) is 6.57. The Morgan fingerprint density at radius 3 is 2.59 bits per heavy atom. The number of pyridine rings is 1. The van der Waals surface area contributed by atoms with Gasteiger partial charge < -0.3 is 9.62 Å². The van der Waals surface area contributed by atoms with Crippen LogP contribution in [0.25, 0.3) is 6.08 Å². The number of hydrogen-bond donors (Lipinski definition) is 0. The van der Waals surface area contributed by atoms with Crippen molar-refractivity contribution in [1.29, 1.82) is 0 Å². The highest BCUT2D eigenvalue weighted by Gasteiger charge is 2.03. The zero-order chi connectivity index (χ0) is 12.3. The minimum Gasteiger partial charge on any atom is -0.619 e. The summed E-state index contributed by atoms with van der Waals surface area (Å²) in [5, 5.41) is 10.8. The van der Waals surface area contributed by atoms with E-state index in [0.29, 0.717) is 16.1 Å². The summed E-state index contributed by atoms with van der Waals surface area (Å²) < 4.78 is 5.93. The Bertz CT molecular complexity index is 552. The maximum absolute atomic E-state index is 11.7. The molecule has 2 rings (SSSR count). The van der Waals surface area contributed by atoms with Crippen molar-refractivity contribution >= 4 is 11.9 Å². The fraction of sp³-hybridized carbons (Fsp3) is 0.0769. The summed E-state index contributed by atoms with van der Waals surface area (Å²) in [6.07, 6.45) is 5.60. The van der Waals surface area contributed by atoms with Gasteiger partial charge in [-0.2, -0.15) is 4.73 Å². The van der Waals surface area contributed by atoms with E-state index in [1.54, 1.807) is 12.1 Å². The minimum absolute atomic E-state index is 0.167. The number of allylic oxidation sites excluding steroid dienone is 1. The lowest BCUT2D eigenvalue weighted by molar-refractivity contribution is -0.605. The second kappa shape index (κ2) is 4.65. The van der Waals surface area contributed by atoms with Gasteiger partial charge in [-0.1, -0.05) is 0 Å². The molecule has 0 atom stereocenters. The van der Waals surface area contributed by atoms with Crippen LogP contribution in [-0.4, -0.2) is 5.78 Å². The lowest BCUT2D eigenvalue weighted by atomic mass is 10.1. The molecule has 0 unspecified atom stereocenters. The first-order chi connectivity index (χ1) is 8.15. The van der Waals surface area contributed by atoms with Crippen molar-refractivity contribution in [2.75, 3.05) is 0 Å². The van der Waals surface area contributed by atoms with Crippen molar-refractivity contribution in [3.05, 3.63) is 65.0 Å². The zero-order valence-corrected chi connectivity index (χ0v) is 9.29. The first-order valence-corrected chi connectivity index (χ1v) is 5.13. The largest absolute Gasteiger partial charge is 0.619 e. The maximum atomic E-state index is 11.7. The van der Waals surface area contributed by atoms with Crippen LogP contribution in [0, 0.1) is 12.1 Å². The standard InChI is InChI=1S/C13H11NO3/c1-10-2-3-12(17-10)4-5-13(15)11-6-8-14(16)9-7-11/h2-9H,1H3/b5-4-. The van der Waals surface area contributed by atoms with Crippen molar-refractivity contribution in [3.63, 3.8) is 0 Å². The summed E-state index contributed by atoms with van der Waals surface area (Å²) in [6.45, 7) is 1.84. The molecule has 0 spiro atoms. The van der Waals surface area contributed by atoms with E-state index >= 15 is 0 Å². The van der Waals surface area contributed by atoms with Crippen LogP contribution in [0.2, 0.25) is 0 Å². The normalized spacial score (nSPS) is 10.9. The molecule has 2 aromatic heterocycles. The molecule has 2 aromatic rings.